The molecular weight excluding hydrogens is 681 g/mol. The number of hydrogen-bond acceptors (Lipinski definition) is 10. The lowest BCUT2D eigenvalue weighted by Crippen LogP contribution is -2.55. The third-order valence-corrected chi connectivity index (χ3v) is 13.1. The molecule has 292 valence electrons. The van der Waals surface area contributed by atoms with Gasteiger partial charge >= 0.3 is 18.2 Å². The van der Waals surface area contributed by atoms with Crippen LogP contribution in [0.4, 0.5) is 15.4 Å². The van der Waals surface area contributed by atoms with Crippen molar-refractivity contribution in [2.24, 2.45) is 5.92 Å². The molecule has 1 N–H and O–H groups in total. The Hall–Kier alpha value is -3.58. The molecule has 12 nitrogen and oxygen atoms in total. The van der Waals surface area contributed by atoms with Gasteiger partial charge < -0.3 is 38.5 Å². The Morgan fingerprint density at radius 3 is 2.08 bits per heavy atom. The smallest absolute Gasteiger partial charge is 0.410 e. The van der Waals surface area contributed by atoms with Crippen LogP contribution in [-0.4, -0.2) is 98.6 Å². The molecule has 52 heavy (non-hydrogen) atoms. The van der Waals surface area contributed by atoms with Crippen molar-refractivity contribution >= 4 is 43.2 Å². The number of nitrogens with zero attached hydrogens (tertiary/aromatic N) is 3. The Bertz CT molecular complexity index is 1530. The SMILES string of the molecule is CC(C)(C)OC(=O)NCCCN(CC1CN(C(=O)OC(C)(C)C)C1)c1ccc2cc(OC[C@@H](O[Si](C)(C)C(C)(C)C)C(=O)OC(C)(C)C)ccc2n1. The molecule has 2 amide bonds. The molecule has 1 aliphatic rings. The van der Waals surface area contributed by atoms with Gasteiger partial charge in [0.25, 0.3) is 0 Å². The standard InChI is InChI=1S/C39H64N4O8Si/c1-36(2,3)48-33(44)31(51-52(13,14)39(10,11)12)26-47-29-17-18-30-28(22-29)16-19-32(41-30)42(21-15-20-40-34(45)49-37(4,5)6)23-27-24-43(25-27)35(46)50-38(7,8)9/h16-19,22,27,31H,15,20-21,23-26H2,1-14H3,(H,40,45)/t31-/m1/s1. The maximum Gasteiger partial charge on any atom is 0.410 e. The molecule has 2 heterocycles. The zero-order chi connectivity index (χ0) is 39.3. The molecule has 1 saturated heterocycles. The summed E-state index contributed by atoms with van der Waals surface area (Å²) in [5.41, 5.74) is -0.990. The van der Waals surface area contributed by atoms with E-state index in [1.165, 1.54) is 0 Å². The number of anilines is 1. The zero-order valence-electron chi connectivity index (χ0n) is 34.1. The van der Waals surface area contributed by atoms with E-state index in [1.807, 2.05) is 92.6 Å². The first-order valence-corrected chi connectivity index (χ1v) is 21.3. The van der Waals surface area contributed by atoms with Crippen LogP contribution in [0.1, 0.15) is 89.5 Å². The maximum absolute atomic E-state index is 13.2. The maximum atomic E-state index is 13.2. The molecule has 0 bridgehead atoms. The lowest BCUT2D eigenvalue weighted by Gasteiger charge is -2.42. The number of esters is 1. The highest BCUT2D eigenvalue weighted by molar-refractivity contribution is 6.74. The predicted molar refractivity (Wildman–Crippen MR) is 208 cm³/mol. The topological polar surface area (TPSA) is 129 Å². The molecule has 0 spiro atoms. The van der Waals surface area contributed by atoms with Crippen molar-refractivity contribution in [3.8, 4) is 5.75 Å². The van der Waals surface area contributed by atoms with Crippen molar-refractivity contribution in [2.75, 3.05) is 44.2 Å². The Morgan fingerprint density at radius 1 is 0.885 bits per heavy atom. The molecule has 3 rings (SSSR count). The van der Waals surface area contributed by atoms with E-state index >= 15 is 0 Å². The van der Waals surface area contributed by atoms with Crippen LogP contribution in [-0.2, 0) is 23.4 Å². The molecule has 1 aromatic heterocycles. The second-order valence-corrected chi connectivity index (χ2v) is 23.0. The van der Waals surface area contributed by atoms with Crippen LogP contribution in [0.5, 0.6) is 5.75 Å². The molecule has 1 aliphatic heterocycles. The van der Waals surface area contributed by atoms with Crippen molar-refractivity contribution in [1.82, 2.24) is 15.2 Å². The minimum Gasteiger partial charge on any atom is -0.490 e. The minimum absolute atomic E-state index is 0.0191. The second-order valence-electron chi connectivity index (χ2n) is 18.2. The second kappa shape index (κ2) is 16.6. The number of carbonyl (C=O) groups excluding carboxylic acids is 3. The Balaban J connectivity index is 1.75. The number of hydrogen-bond donors (Lipinski definition) is 1. The summed E-state index contributed by atoms with van der Waals surface area (Å²) in [6.07, 6.45) is -0.948. The Kier molecular flexibility index (Phi) is 13.7. The van der Waals surface area contributed by atoms with Gasteiger partial charge in [0.05, 0.1) is 5.52 Å². The average molecular weight is 745 g/mol. The number of ether oxygens (including phenoxy) is 4. The number of alkyl carbamates (subject to hydrolysis) is 1. The van der Waals surface area contributed by atoms with Crippen LogP contribution in [0.3, 0.4) is 0 Å². The van der Waals surface area contributed by atoms with E-state index in [9.17, 15) is 14.4 Å². The summed E-state index contributed by atoms with van der Waals surface area (Å²) in [4.78, 5) is 46.9. The number of rotatable bonds is 13. The molecule has 13 heteroatoms. The van der Waals surface area contributed by atoms with E-state index in [1.54, 1.807) is 4.90 Å². The molecule has 1 atom stereocenters. The van der Waals surface area contributed by atoms with Crippen LogP contribution < -0.4 is 15.0 Å². The number of fused-ring (bicyclic) bond motifs is 1. The number of pyridine rings is 1. The first-order chi connectivity index (χ1) is 23.7. The van der Waals surface area contributed by atoms with Crippen LogP contribution in [0.25, 0.3) is 10.9 Å². The van der Waals surface area contributed by atoms with E-state index in [0.29, 0.717) is 44.9 Å². The molecule has 0 unspecified atom stereocenters. The molecule has 0 radical (unpaired) electrons. The van der Waals surface area contributed by atoms with Crippen LogP contribution in [0.15, 0.2) is 30.3 Å². The van der Waals surface area contributed by atoms with Crippen LogP contribution >= 0.6 is 0 Å². The van der Waals surface area contributed by atoms with Gasteiger partial charge in [0.2, 0.25) is 0 Å². The number of aromatic nitrogens is 1. The summed E-state index contributed by atoms with van der Waals surface area (Å²) in [6.45, 7) is 30.2. The van der Waals surface area contributed by atoms with Gasteiger partial charge in [0, 0.05) is 44.0 Å². The fourth-order valence-corrected chi connectivity index (χ4v) is 6.36. The Morgan fingerprint density at radius 2 is 1.50 bits per heavy atom. The Labute approximate surface area is 312 Å². The number of benzene rings is 1. The third kappa shape index (κ3) is 13.8. The highest BCUT2D eigenvalue weighted by Crippen LogP contribution is 2.38. The van der Waals surface area contributed by atoms with E-state index in [-0.39, 0.29) is 23.7 Å². The van der Waals surface area contributed by atoms with Gasteiger partial charge in [-0.05, 0) is 117 Å². The van der Waals surface area contributed by atoms with Crippen molar-refractivity contribution in [1.29, 1.82) is 0 Å². The lowest BCUT2D eigenvalue weighted by molar-refractivity contribution is -0.165. The molecule has 0 aliphatic carbocycles. The predicted octanol–water partition coefficient (Wildman–Crippen LogP) is 7.93. The molecule has 1 fully saturated rings. The summed E-state index contributed by atoms with van der Waals surface area (Å²) < 4.78 is 29.3. The summed E-state index contributed by atoms with van der Waals surface area (Å²) >= 11 is 0. The van der Waals surface area contributed by atoms with E-state index in [4.69, 9.17) is 28.4 Å². The van der Waals surface area contributed by atoms with E-state index < -0.39 is 43.3 Å². The number of likely N-dealkylation sites (tertiary alicyclic amines) is 1. The molecule has 2 aromatic rings. The van der Waals surface area contributed by atoms with Crippen molar-refractivity contribution in [2.45, 2.75) is 131 Å². The van der Waals surface area contributed by atoms with Crippen molar-refractivity contribution < 1.29 is 37.8 Å². The van der Waals surface area contributed by atoms with Crippen LogP contribution in [0, 0.1) is 5.92 Å². The lowest BCUT2D eigenvalue weighted by atomic mass is 10.00. The highest BCUT2D eigenvalue weighted by Gasteiger charge is 2.42. The van der Waals surface area contributed by atoms with Crippen LogP contribution in [0.2, 0.25) is 18.1 Å². The summed E-state index contributed by atoms with van der Waals surface area (Å²) in [6, 6.07) is 9.63. The quantitative estimate of drug-likeness (QED) is 0.0935. The van der Waals surface area contributed by atoms with Gasteiger partial charge in [-0.3, -0.25) is 0 Å². The van der Waals surface area contributed by atoms with Gasteiger partial charge in [-0.25, -0.2) is 19.4 Å². The molecular formula is C39H64N4O8Si. The zero-order valence-corrected chi connectivity index (χ0v) is 35.1. The van der Waals surface area contributed by atoms with Gasteiger partial charge in [-0.1, -0.05) is 20.8 Å². The summed E-state index contributed by atoms with van der Waals surface area (Å²) in [5.74, 6) is 1.19. The number of carbonyl (C=O) groups is 3. The normalized spacial score (nSPS) is 15.1. The first-order valence-electron chi connectivity index (χ1n) is 18.4. The first kappa shape index (κ1) is 42.8. The largest absolute Gasteiger partial charge is 0.490 e. The van der Waals surface area contributed by atoms with Gasteiger partial charge in [0.15, 0.2) is 14.4 Å². The summed E-state index contributed by atoms with van der Waals surface area (Å²) in [5, 5.41) is 3.62. The monoisotopic (exact) mass is 744 g/mol. The molecule has 0 saturated carbocycles. The molecule has 1 aromatic carbocycles. The van der Waals surface area contributed by atoms with Gasteiger partial charge in [-0.15, -0.1) is 0 Å². The fourth-order valence-electron chi connectivity index (χ4n) is 5.13. The minimum atomic E-state index is -2.31. The average Bonchev–Trinajstić information content (AvgIpc) is 2.94. The van der Waals surface area contributed by atoms with E-state index in [2.05, 4.69) is 44.1 Å². The fraction of sp³-hybridized carbons (Fsp3) is 0.692. The number of nitrogens with one attached hydrogen (secondary N) is 1. The number of amides is 2. The third-order valence-electron chi connectivity index (χ3n) is 8.64. The van der Waals surface area contributed by atoms with Crippen molar-refractivity contribution in [3.63, 3.8) is 0 Å². The highest BCUT2D eigenvalue weighted by atomic mass is 28.4. The van der Waals surface area contributed by atoms with E-state index in [0.717, 1.165) is 16.7 Å². The summed E-state index contributed by atoms with van der Waals surface area (Å²) in [7, 11) is -2.31. The van der Waals surface area contributed by atoms with Gasteiger partial charge in [-0.2, -0.15) is 0 Å². The van der Waals surface area contributed by atoms with Gasteiger partial charge in [0.1, 0.15) is 35.0 Å². The van der Waals surface area contributed by atoms with Crippen molar-refractivity contribution in [3.05, 3.63) is 30.3 Å².